The lowest BCUT2D eigenvalue weighted by Gasteiger charge is -2.20. The molecule has 1 atom stereocenters. The Kier molecular flexibility index (Phi) is 6.08. The second kappa shape index (κ2) is 7.89. The predicted octanol–water partition coefficient (Wildman–Crippen LogP) is 3.69. The number of benzene rings is 2. The SMILES string of the molecule is CCC(C)NC(=O)c1cc(S(=O)(=O)N(C)c2ccccc2)ccc1Cl. The van der Waals surface area contributed by atoms with Crippen LogP contribution in [0.5, 0.6) is 0 Å². The van der Waals surface area contributed by atoms with Crippen molar-refractivity contribution in [1.29, 1.82) is 0 Å². The van der Waals surface area contributed by atoms with Crippen molar-refractivity contribution in [2.45, 2.75) is 31.2 Å². The summed E-state index contributed by atoms with van der Waals surface area (Å²) in [6.07, 6.45) is 0.762. The maximum atomic E-state index is 12.8. The predicted molar refractivity (Wildman–Crippen MR) is 101 cm³/mol. The molecule has 7 heteroatoms. The summed E-state index contributed by atoms with van der Waals surface area (Å²) in [5, 5.41) is 3.00. The molecule has 0 spiro atoms. The van der Waals surface area contributed by atoms with Gasteiger partial charge >= 0.3 is 0 Å². The molecule has 2 aromatic carbocycles. The number of carbonyl (C=O) groups excluding carboxylic acids is 1. The van der Waals surface area contributed by atoms with Crippen LogP contribution >= 0.6 is 11.6 Å². The van der Waals surface area contributed by atoms with E-state index in [0.29, 0.717) is 5.69 Å². The number of amides is 1. The van der Waals surface area contributed by atoms with Crippen LogP contribution in [-0.2, 0) is 10.0 Å². The topological polar surface area (TPSA) is 66.5 Å². The number of carbonyl (C=O) groups is 1. The van der Waals surface area contributed by atoms with E-state index in [0.717, 1.165) is 6.42 Å². The van der Waals surface area contributed by atoms with E-state index >= 15 is 0 Å². The minimum Gasteiger partial charge on any atom is -0.350 e. The van der Waals surface area contributed by atoms with Gasteiger partial charge in [-0.25, -0.2) is 8.42 Å². The molecule has 0 aliphatic carbocycles. The van der Waals surface area contributed by atoms with E-state index in [2.05, 4.69) is 5.32 Å². The van der Waals surface area contributed by atoms with Gasteiger partial charge in [0.1, 0.15) is 0 Å². The fourth-order valence-electron chi connectivity index (χ4n) is 2.18. The van der Waals surface area contributed by atoms with Gasteiger partial charge in [0.05, 0.1) is 21.2 Å². The van der Waals surface area contributed by atoms with Crippen LogP contribution in [0.4, 0.5) is 5.69 Å². The Labute approximate surface area is 153 Å². The molecule has 25 heavy (non-hydrogen) atoms. The van der Waals surface area contributed by atoms with Crippen molar-refractivity contribution in [3.05, 3.63) is 59.1 Å². The molecule has 0 radical (unpaired) electrons. The first-order chi connectivity index (χ1) is 11.8. The first kappa shape index (κ1) is 19.3. The molecule has 0 aliphatic heterocycles. The van der Waals surface area contributed by atoms with Crippen LogP contribution in [-0.4, -0.2) is 27.4 Å². The highest BCUT2D eigenvalue weighted by atomic mass is 35.5. The zero-order valence-electron chi connectivity index (χ0n) is 14.4. The summed E-state index contributed by atoms with van der Waals surface area (Å²) in [5.74, 6) is -0.390. The summed E-state index contributed by atoms with van der Waals surface area (Å²) in [5.41, 5.74) is 0.674. The highest BCUT2D eigenvalue weighted by Gasteiger charge is 2.24. The third-order valence-electron chi connectivity index (χ3n) is 3.95. The summed E-state index contributed by atoms with van der Waals surface area (Å²) in [6, 6.07) is 12.8. The zero-order valence-corrected chi connectivity index (χ0v) is 15.9. The Hall–Kier alpha value is -2.05. The summed E-state index contributed by atoms with van der Waals surface area (Å²) in [7, 11) is -2.33. The van der Waals surface area contributed by atoms with Crippen LogP contribution in [0.1, 0.15) is 30.6 Å². The van der Waals surface area contributed by atoms with Gasteiger partial charge in [-0.3, -0.25) is 9.10 Å². The van der Waals surface area contributed by atoms with Crippen molar-refractivity contribution in [1.82, 2.24) is 5.32 Å². The van der Waals surface area contributed by atoms with Gasteiger partial charge in [0.2, 0.25) is 0 Å². The fraction of sp³-hybridized carbons (Fsp3) is 0.278. The summed E-state index contributed by atoms with van der Waals surface area (Å²) >= 11 is 6.10. The van der Waals surface area contributed by atoms with Gasteiger partial charge in [-0.15, -0.1) is 0 Å². The number of halogens is 1. The average molecular weight is 381 g/mol. The molecule has 0 saturated carbocycles. The van der Waals surface area contributed by atoms with Gasteiger partial charge in [-0.1, -0.05) is 36.7 Å². The quantitative estimate of drug-likeness (QED) is 0.831. The summed E-state index contributed by atoms with van der Waals surface area (Å²) < 4.78 is 26.9. The lowest BCUT2D eigenvalue weighted by molar-refractivity contribution is 0.0939. The molecule has 0 saturated heterocycles. The number of nitrogens with zero attached hydrogens (tertiary/aromatic N) is 1. The maximum Gasteiger partial charge on any atom is 0.264 e. The smallest absolute Gasteiger partial charge is 0.264 e. The van der Waals surface area contributed by atoms with Gasteiger partial charge in [0, 0.05) is 13.1 Å². The monoisotopic (exact) mass is 380 g/mol. The van der Waals surface area contributed by atoms with Gasteiger partial charge in [0.25, 0.3) is 15.9 Å². The molecule has 0 bridgehead atoms. The number of hydrogen-bond acceptors (Lipinski definition) is 3. The van der Waals surface area contributed by atoms with Crippen molar-refractivity contribution in [3.63, 3.8) is 0 Å². The molecule has 1 amide bonds. The number of sulfonamides is 1. The third-order valence-corrected chi connectivity index (χ3v) is 6.06. The van der Waals surface area contributed by atoms with Gasteiger partial charge in [-0.2, -0.15) is 0 Å². The van der Waals surface area contributed by atoms with Crippen molar-refractivity contribution >= 4 is 33.2 Å². The lowest BCUT2D eigenvalue weighted by atomic mass is 10.2. The van der Waals surface area contributed by atoms with E-state index in [-0.39, 0.29) is 21.5 Å². The van der Waals surface area contributed by atoms with E-state index in [1.165, 1.54) is 29.6 Å². The molecular formula is C18H21ClN2O3S. The first-order valence-corrected chi connectivity index (χ1v) is 9.73. The molecule has 2 rings (SSSR count). The van der Waals surface area contributed by atoms with E-state index < -0.39 is 15.9 Å². The molecule has 0 aromatic heterocycles. The highest BCUT2D eigenvalue weighted by Crippen LogP contribution is 2.25. The molecule has 1 N–H and O–H groups in total. The Morgan fingerprint density at radius 2 is 1.84 bits per heavy atom. The number of rotatable bonds is 6. The van der Waals surface area contributed by atoms with Crippen LogP contribution in [0.15, 0.2) is 53.4 Å². The summed E-state index contributed by atoms with van der Waals surface area (Å²) in [6.45, 7) is 3.82. The lowest BCUT2D eigenvalue weighted by Crippen LogP contribution is -2.32. The van der Waals surface area contributed by atoms with E-state index in [4.69, 9.17) is 11.6 Å². The normalized spacial score (nSPS) is 12.5. The van der Waals surface area contributed by atoms with E-state index in [9.17, 15) is 13.2 Å². The Morgan fingerprint density at radius 3 is 2.44 bits per heavy atom. The third kappa shape index (κ3) is 4.32. The van der Waals surface area contributed by atoms with Crippen LogP contribution < -0.4 is 9.62 Å². The second-order valence-electron chi connectivity index (χ2n) is 5.73. The standard InChI is InChI=1S/C18H21ClN2O3S/c1-4-13(2)20-18(22)16-12-15(10-11-17(16)19)25(23,24)21(3)14-8-6-5-7-9-14/h5-13H,4H2,1-3H3,(H,20,22). The number of nitrogens with one attached hydrogen (secondary N) is 1. The zero-order chi connectivity index (χ0) is 18.6. The van der Waals surface area contributed by atoms with Gasteiger partial charge < -0.3 is 5.32 Å². The first-order valence-electron chi connectivity index (χ1n) is 7.91. The molecule has 0 fully saturated rings. The van der Waals surface area contributed by atoms with Gasteiger partial charge in [0.15, 0.2) is 0 Å². The Balaban J connectivity index is 2.39. The Bertz CT molecular complexity index is 854. The fourth-order valence-corrected chi connectivity index (χ4v) is 3.60. The molecule has 5 nitrogen and oxygen atoms in total. The number of para-hydroxylation sites is 1. The Morgan fingerprint density at radius 1 is 1.20 bits per heavy atom. The average Bonchev–Trinajstić information content (AvgIpc) is 2.61. The molecule has 2 aromatic rings. The van der Waals surface area contributed by atoms with Crippen LogP contribution in [0.2, 0.25) is 5.02 Å². The van der Waals surface area contributed by atoms with Gasteiger partial charge in [-0.05, 0) is 43.7 Å². The maximum absolute atomic E-state index is 12.8. The highest BCUT2D eigenvalue weighted by molar-refractivity contribution is 7.92. The molecule has 1 unspecified atom stereocenters. The molecule has 0 heterocycles. The number of hydrogen-bond donors (Lipinski definition) is 1. The molecular weight excluding hydrogens is 360 g/mol. The second-order valence-corrected chi connectivity index (χ2v) is 8.11. The minimum atomic E-state index is -3.80. The van der Waals surface area contributed by atoms with Crippen molar-refractivity contribution < 1.29 is 13.2 Å². The van der Waals surface area contributed by atoms with Crippen LogP contribution in [0, 0.1) is 0 Å². The van der Waals surface area contributed by atoms with Crippen molar-refractivity contribution in [3.8, 4) is 0 Å². The van der Waals surface area contributed by atoms with Crippen LogP contribution in [0.3, 0.4) is 0 Å². The van der Waals surface area contributed by atoms with Crippen molar-refractivity contribution in [2.75, 3.05) is 11.4 Å². The summed E-state index contributed by atoms with van der Waals surface area (Å²) in [4.78, 5) is 12.4. The van der Waals surface area contributed by atoms with E-state index in [1.54, 1.807) is 24.3 Å². The number of anilines is 1. The van der Waals surface area contributed by atoms with E-state index in [1.807, 2.05) is 19.9 Å². The van der Waals surface area contributed by atoms with Crippen LogP contribution in [0.25, 0.3) is 0 Å². The largest absolute Gasteiger partial charge is 0.350 e. The molecule has 134 valence electrons. The van der Waals surface area contributed by atoms with Crippen molar-refractivity contribution in [2.24, 2.45) is 0 Å². The molecule has 0 aliphatic rings. The minimum absolute atomic E-state index is 0.0116.